The third kappa shape index (κ3) is 1.38. The van der Waals surface area contributed by atoms with Crippen molar-refractivity contribution in [3.8, 4) is 0 Å². The molecule has 3 heteroatoms. The number of carboxylic acid groups (broad SMARTS) is 1. The molecule has 11 heavy (non-hydrogen) atoms. The second-order valence-corrected chi connectivity index (χ2v) is 3.49. The average Bonchev–Trinajstić information content (AvgIpc) is 2.17. The minimum absolute atomic E-state index is 0.238. The maximum atomic E-state index is 10.6. The van der Waals surface area contributed by atoms with Gasteiger partial charge in [0, 0.05) is 6.04 Å². The van der Waals surface area contributed by atoms with Crippen LogP contribution in [0.5, 0.6) is 0 Å². The lowest BCUT2D eigenvalue weighted by molar-refractivity contribution is -0.140. The van der Waals surface area contributed by atoms with Gasteiger partial charge in [0.25, 0.3) is 0 Å². The standard InChI is InChI=1S/C8H15NO2/c1-4-5(2)7(8(10)11)9-6(4)3/h4-7,9H,1-3H3,(H,10,11)/t4?,5?,6?,7-/m0/s1. The fourth-order valence-corrected chi connectivity index (χ4v) is 1.64. The first-order chi connectivity index (χ1) is 5.04. The van der Waals surface area contributed by atoms with Crippen LogP contribution in [0, 0.1) is 11.8 Å². The monoisotopic (exact) mass is 157 g/mol. The fourth-order valence-electron chi connectivity index (χ4n) is 1.64. The number of carbonyl (C=O) groups is 1. The summed E-state index contributed by atoms with van der Waals surface area (Å²) >= 11 is 0. The van der Waals surface area contributed by atoms with Crippen molar-refractivity contribution < 1.29 is 9.90 Å². The average molecular weight is 157 g/mol. The summed E-state index contributed by atoms with van der Waals surface area (Å²) in [5.74, 6) is -0.0349. The zero-order chi connectivity index (χ0) is 8.59. The van der Waals surface area contributed by atoms with Crippen LogP contribution in [0.2, 0.25) is 0 Å². The summed E-state index contributed by atoms with van der Waals surface area (Å²) in [6.45, 7) is 6.11. The van der Waals surface area contributed by atoms with Crippen molar-refractivity contribution in [1.29, 1.82) is 0 Å². The first-order valence-corrected chi connectivity index (χ1v) is 4.03. The second kappa shape index (κ2) is 2.81. The van der Waals surface area contributed by atoms with Gasteiger partial charge in [-0.2, -0.15) is 0 Å². The highest BCUT2D eigenvalue weighted by Gasteiger charge is 2.38. The predicted octanol–water partition coefficient (Wildman–Crippen LogP) is 0.703. The Kier molecular flexibility index (Phi) is 2.18. The summed E-state index contributed by atoms with van der Waals surface area (Å²) in [4.78, 5) is 10.6. The molecule has 3 unspecified atom stereocenters. The topological polar surface area (TPSA) is 49.3 Å². The quantitative estimate of drug-likeness (QED) is 0.589. The zero-order valence-corrected chi connectivity index (χ0v) is 7.16. The van der Waals surface area contributed by atoms with E-state index in [2.05, 4.69) is 12.2 Å². The number of rotatable bonds is 1. The lowest BCUT2D eigenvalue weighted by atomic mass is 9.91. The normalized spacial score (nSPS) is 44.3. The van der Waals surface area contributed by atoms with E-state index in [0.29, 0.717) is 12.0 Å². The number of nitrogens with one attached hydrogen (secondary N) is 1. The Morgan fingerprint density at radius 1 is 1.27 bits per heavy atom. The fraction of sp³-hybridized carbons (Fsp3) is 0.875. The molecule has 0 aliphatic carbocycles. The molecule has 0 bridgehead atoms. The van der Waals surface area contributed by atoms with Crippen LogP contribution in [0.4, 0.5) is 0 Å². The van der Waals surface area contributed by atoms with Crippen molar-refractivity contribution in [3.05, 3.63) is 0 Å². The maximum Gasteiger partial charge on any atom is 0.320 e. The van der Waals surface area contributed by atoms with E-state index in [1.165, 1.54) is 0 Å². The second-order valence-electron chi connectivity index (χ2n) is 3.49. The Morgan fingerprint density at radius 2 is 1.82 bits per heavy atom. The summed E-state index contributed by atoms with van der Waals surface area (Å²) in [5.41, 5.74) is 0. The van der Waals surface area contributed by atoms with Crippen molar-refractivity contribution in [1.82, 2.24) is 5.32 Å². The third-order valence-corrected chi connectivity index (χ3v) is 2.85. The van der Waals surface area contributed by atoms with E-state index in [1.807, 2.05) is 13.8 Å². The predicted molar refractivity (Wildman–Crippen MR) is 42.3 cm³/mol. The molecular formula is C8H15NO2. The highest BCUT2D eigenvalue weighted by atomic mass is 16.4. The Bertz CT molecular complexity index is 169. The van der Waals surface area contributed by atoms with Crippen LogP contribution in [-0.4, -0.2) is 23.2 Å². The largest absolute Gasteiger partial charge is 0.480 e. The van der Waals surface area contributed by atoms with E-state index in [0.717, 1.165) is 0 Å². The Balaban J connectivity index is 2.67. The van der Waals surface area contributed by atoms with Gasteiger partial charge in [0.05, 0.1) is 0 Å². The molecule has 1 aliphatic rings. The number of aliphatic carboxylic acids is 1. The van der Waals surface area contributed by atoms with Gasteiger partial charge in [0.1, 0.15) is 6.04 Å². The molecule has 0 radical (unpaired) electrons. The molecular weight excluding hydrogens is 142 g/mol. The summed E-state index contributed by atoms with van der Waals surface area (Å²) in [6, 6.07) is -0.0221. The van der Waals surface area contributed by atoms with Crippen molar-refractivity contribution in [2.75, 3.05) is 0 Å². The molecule has 0 aromatic heterocycles. The van der Waals surface area contributed by atoms with E-state index in [9.17, 15) is 4.79 Å². The van der Waals surface area contributed by atoms with Crippen molar-refractivity contribution in [2.45, 2.75) is 32.9 Å². The van der Waals surface area contributed by atoms with Crippen LogP contribution >= 0.6 is 0 Å². The first kappa shape index (κ1) is 8.53. The number of hydrogen-bond acceptors (Lipinski definition) is 2. The van der Waals surface area contributed by atoms with E-state index in [4.69, 9.17) is 5.11 Å². The summed E-state index contributed by atoms with van der Waals surface area (Å²) in [5, 5.41) is 11.8. The van der Waals surface area contributed by atoms with Gasteiger partial charge in [-0.05, 0) is 18.8 Å². The van der Waals surface area contributed by atoms with Gasteiger partial charge in [-0.25, -0.2) is 0 Å². The van der Waals surface area contributed by atoms with Crippen molar-refractivity contribution >= 4 is 5.97 Å². The van der Waals surface area contributed by atoms with Crippen LogP contribution in [0.1, 0.15) is 20.8 Å². The van der Waals surface area contributed by atoms with Crippen LogP contribution in [0.15, 0.2) is 0 Å². The molecule has 0 amide bonds. The lowest BCUT2D eigenvalue weighted by Crippen LogP contribution is -2.36. The van der Waals surface area contributed by atoms with Crippen LogP contribution in [0.25, 0.3) is 0 Å². The van der Waals surface area contributed by atoms with Gasteiger partial charge in [0.15, 0.2) is 0 Å². The van der Waals surface area contributed by atoms with E-state index < -0.39 is 5.97 Å². The zero-order valence-electron chi connectivity index (χ0n) is 7.16. The van der Waals surface area contributed by atoms with Crippen LogP contribution in [0.3, 0.4) is 0 Å². The lowest BCUT2D eigenvalue weighted by Gasteiger charge is -2.12. The van der Waals surface area contributed by atoms with Crippen LogP contribution < -0.4 is 5.32 Å². The summed E-state index contributed by atoms with van der Waals surface area (Å²) in [7, 11) is 0. The molecule has 1 saturated heterocycles. The van der Waals surface area contributed by atoms with E-state index >= 15 is 0 Å². The van der Waals surface area contributed by atoms with E-state index in [1.54, 1.807) is 0 Å². The third-order valence-electron chi connectivity index (χ3n) is 2.85. The van der Waals surface area contributed by atoms with Gasteiger partial charge in [-0.1, -0.05) is 13.8 Å². The molecule has 0 spiro atoms. The number of carboxylic acids is 1. The van der Waals surface area contributed by atoms with E-state index in [-0.39, 0.29) is 12.0 Å². The smallest absolute Gasteiger partial charge is 0.320 e. The molecule has 4 atom stereocenters. The first-order valence-electron chi connectivity index (χ1n) is 4.03. The highest BCUT2D eigenvalue weighted by molar-refractivity contribution is 5.74. The van der Waals surface area contributed by atoms with Gasteiger partial charge < -0.3 is 10.4 Å². The molecule has 3 nitrogen and oxygen atoms in total. The maximum absolute atomic E-state index is 10.6. The highest BCUT2D eigenvalue weighted by Crippen LogP contribution is 2.26. The molecule has 0 aromatic carbocycles. The molecule has 0 saturated carbocycles. The van der Waals surface area contributed by atoms with Crippen molar-refractivity contribution in [3.63, 3.8) is 0 Å². The molecule has 2 N–H and O–H groups in total. The Labute approximate surface area is 66.8 Å². The summed E-state index contributed by atoms with van der Waals surface area (Å²) in [6.07, 6.45) is 0. The molecule has 1 aliphatic heterocycles. The van der Waals surface area contributed by atoms with Gasteiger partial charge >= 0.3 is 5.97 Å². The minimum atomic E-state index is -0.728. The molecule has 1 rings (SSSR count). The Morgan fingerprint density at radius 3 is 2.00 bits per heavy atom. The summed E-state index contributed by atoms with van der Waals surface area (Å²) < 4.78 is 0. The number of hydrogen-bond donors (Lipinski definition) is 2. The van der Waals surface area contributed by atoms with Crippen molar-refractivity contribution in [2.24, 2.45) is 11.8 Å². The molecule has 64 valence electrons. The van der Waals surface area contributed by atoms with Crippen LogP contribution in [-0.2, 0) is 4.79 Å². The molecule has 0 aromatic rings. The van der Waals surface area contributed by atoms with Gasteiger partial charge in [-0.3, -0.25) is 4.79 Å². The Hall–Kier alpha value is -0.570. The minimum Gasteiger partial charge on any atom is -0.480 e. The molecule has 1 heterocycles. The van der Waals surface area contributed by atoms with Gasteiger partial charge in [-0.15, -0.1) is 0 Å². The molecule has 1 fully saturated rings. The SMILES string of the molecule is CC1N[C@H](C(=O)O)C(C)C1C. The van der Waals surface area contributed by atoms with Gasteiger partial charge in [0.2, 0.25) is 0 Å².